The molecule has 3 rings (SSSR count). The van der Waals surface area contributed by atoms with E-state index in [-0.39, 0.29) is 23.5 Å². The highest BCUT2D eigenvalue weighted by Crippen LogP contribution is 2.26. The number of carbonyl (C=O) groups excluding carboxylic acids is 1. The molecule has 0 unspecified atom stereocenters. The molecule has 7 nitrogen and oxygen atoms in total. The molecule has 1 amide bonds. The number of alkyl halides is 3. The smallest absolute Gasteiger partial charge is 0.406 e. The van der Waals surface area contributed by atoms with Gasteiger partial charge in [0.15, 0.2) is 0 Å². The van der Waals surface area contributed by atoms with Crippen molar-refractivity contribution in [2.75, 3.05) is 5.75 Å². The SMILES string of the molecule is C[C@@H]1CCCC[C@@H]1NC(=O)CSc1nnnn1-c1ccc(OC(F)(F)F)cc1. The van der Waals surface area contributed by atoms with Gasteiger partial charge in [0.25, 0.3) is 0 Å². The Bertz CT molecular complexity index is 797. The van der Waals surface area contributed by atoms with E-state index in [4.69, 9.17) is 0 Å². The molecular weight excluding hydrogens is 395 g/mol. The lowest BCUT2D eigenvalue weighted by molar-refractivity contribution is -0.274. The Kier molecular flexibility index (Phi) is 6.42. The fraction of sp³-hybridized carbons (Fsp3) is 0.529. The standard InChI is InChI=1S/C17H20F3N5O2S/c1-11-4-2-3-5-14(11)21-15(26)10-28-16-22-23-24-25(16)12-6-8-13(9-7-12)27-17(18,19)20/h6-9,11,14H,2-5,10H2,1H3,(H,21,26)/t11-,14+/m1/s1. The number of hydrogen-bond donors (Lipinski definition) is 1. The zero-order chi connectivity index (χ0) is 20.1. The number of benzene rings is 1. The molecule has 1 fully saturated rings. The van der Waals surface area contributed by atoms with Crippen LogP contribution in [-0.4, -0.2) is 44.3 Å². The largest absolute Gasteiger partial charge is 0.573 e. The van der Waals surface area contributed by atoms with E-state index in [1.807, 2.05) is 0 Å². The van der Waals surface area contributed by atoms with Crippen molar-refractivity contribution in [3.63, 3.8) is 0 Å². The van der Waals surface area contributed by atoms with Crippen LogP contribution in [0.25, 0.3) is 5.69 Å². The molecule has 2 aromatic rings. The summed E-state index contributed by atoms with van der Waals surface area (Å²) in [5, 5.41) is 14.7. The van der Waals surface area contributed by atoms with Gasteiger partial charge in [-0.05, 0) is 53.5 Å². The maximum atomic E-state index is 12.2. The quantitative estimate of drug-likeness (QED) is 0.729. The first-order valence-electron chi connectivity index (χ1n) is 8.88. The van der Waals surface area contributed by atoms with Crippen LogP contribution in [0.5, 0.6) is 5.75 Å². The molecule has 0 radical (unpaired) electrons. The zero-order valence-corrected chi connectivity index (χ0v) is 16.0. The summed E-state index contributed by atoms with van der Waals surface area (Å²) in [6.45, 7) is 2.14. The molecule has 11 heteroatoms. The highest BCUT2D eigenvalue weighted by molar-refractivity contribution is 7.99. The summed E-state index contributed by atoms with van der Waals surface area (Å²) in [6, 6.07) is 5.36. The zero-order valence-electron chi connectivity index (χ0n) is 15.1. The third kappa shape index (κ3) is 5.60. The number of ether oxygens (including phenoxy) is 1. The molecule has 1 aliphatic rings. The number of hydrogen-bond acceptors (Lipinski definition) is 6. The lowest BCUT2D eigenvalue weighted by atomic mass is 9.86. The van der Waals surface area contributed by atoms with Gasteiger partial charge in [0.05, 0.1) is 11.4 Å². The fourth-order valence-corrected chi connectivity index (χ4v) is 3.83. The summed E-state index contributed by atoms with van der Waals surface area (Å²) in [4.78, 5) is 12.2. The van der Waals surface area contributed by atoms with Gasteiger partial charge in [0, 0.05) is 6.04 Å². The molecule has 1 saturated carbocycles. The number of nitrogens with zero attached hydrogens (tertiary/aromatic N) is 4. The number of amides is 1. The molecular formula is C17H20F3N5O2S. The van der Waals surface area contributed by atoms with E-state index >= 15 is 0 Å². The summed E-state index contributed by atoms with van der Waals surface area (Å²) in [7, 11) is 0. The average molecular weight is 415 g/mol. The molecule has 152 valence electrons. The maximum Gasteiger partial charge on any atom is 0.573 e. The molecule has 1 aromatic heterocycles. The molecule has 28 heavy (non-hydrogen) atoms. The van der Waals surface area contributed by atoms with Crippen LogP contribution in [-0.2, 0) is 4.79 Å². The first kappa shape index (κ1) is 20.4. The monoisotopic (exact) mass is 415 g/mol. The highest BCUT2D eigenvalue weighted by Gasteiger charge is 2.31. The summed E-state index contributed by atoms with van der Waals surface area (Å²) in [5.41, 5.74) is 0.461. The van der Waals surface area contributed by atoms with Crippen LogP contribution in [0.1, 0.15) is 32.6 Å². The van der Waals surface area contributed by atoms with Gasteiger partial charge < -0.3 is 10.1 Å². The van der Waals surface area contributed by atoms with Crippen LogP contribution in [0.4, 0.5) is 13.2 Å². The topological polar surface area (TPSA) is 81.9 Å². The molecule has 1 heterocycles. The van der Waals surface area contributed by atoms with Crippen molar-refractivity contribution in [1.82, 2.24) is 25.5 Å². The van der Waals surface area contributed by atoms with Crippen molar-refractivity contribution >= 4 is 17.7 Å². The number of halogens is 3. The van der Waals surface area contributed by atoms with Crippen LogP contribution in [0, 0.1) is 5.92 Å². The molecule has 0 bridgehead atoms. The fourth-order valence-electron chi connectivity index (χ4n) is 3.13. The third-order valence-corrected chi connectivity index (χ3v) is 5.47. The number of rotatable bonds is 6. The molecule has 1 aromatic carbocycles. The number of nitrogens with one attached hydrogen (secondary N) is 1. The third-order valence-electron chi connectivity index (χ3n) is 4.55. The van der Waals surface area contributed by atoms with Gasteiger partial charge in [0.2, 0.25) is 11.1 Å². The minimum absolute atomic E-state index is 0.0905. The van der Waals surface area contributed by atoms with Gasteiger partial charge in [-0.1, -0.05) is 31.5 Å². The lowest BCUT2D eigenvalue weighted by Crippen LogP contribution is -2.41. The molecule has 2 atom stereocenters. The van der Waals surface area contributed by atoms with E-state index < -0.39 is 6.36 Å². The lowest BCUT2D eigenvalue weighted by Gasteiger charge is -2.29. The van der Waals surface area contributed by atoms with E-state index in [2.05, 4.69) is 32.5 Å². The minimum Gasteiger partial charge on any atom is -0.406 e. The van der Waals surface area contributed by atoms with Crippen LogP contribution in [0.2, 0.25) is 0 Å². The Morgan fingerprint density at radius 2 is 2.00 bits per heavy atom. The number of carbonyl (C=O) groups is 1. The van der Waals surface area contributed by atoms with Crippen molar-refractivity contribution in [2.24, 2.45) is 5.92 Å². The van der Waals surface area contributed by atoms with Crippen molar-refractivity contribution in [3.8, 4) is 11.4 Å². The summed E-state index contributed by atoms with van der Waals surface area (Å²) < 4.78 is 41.9. The van der Waals surface area contributed by atoms with Gasteiger partial charge in [0.1, 0.15) is 5.75 Å². The predicted octanol–water partition coefficient (Wildman–Crippen LogP) is 3.35. The Balaban J connectivity index is 1.58. The predicted molar refractivity (Wildman–Crippen MR) is 96.1 cm³/mol. The van der Waals surface area contributed by atoms with Crippen molar-refractivity contribution in [3.05, 3.63) is 24.3 Å². The van der Waals surface area contributed by atoms with Crippen LogP contribution >= 0.6 is 11.8 Å². The van der Waals surface area contributed by atoms with Crippen LogP contribution in [0.15, 0.2) is 29.4 Å². The normalized spacial score (nSPS) is 20.0. The van der Waals surface area contributed by atoms with E-state index in [1.165, 1.54) is 35.4 Å². The van der Waals surface area contributed by atoms with Crippen molar-refractivity contribution < 1.29 is 22.7 Å². The molecule has 0 saturated heterocycles. The second-order valence-corrected chi connectivity index (χ2v) is 7.58. The van der Waals surface area contributed by atoms with Gasteiger partial charge >= 0.3 is 6.36 Å². The molecule has 0 spiro atoms. The first-order valence-corrected chi connectivity index (χ1v) is 9.87. The van der Waals surface area contributed by atoms with Gasteiger partial charge in [-0.3, -0.25) is 4.79 Å². The molecule has 1 aliphatic carbocycles. The van der Waals surface area contributed by atoms with Crippen LogP contribution in [0.3, 0.4) is 0 Å². The summed E-state index contributed by atoms with van der Waals surface area (Å²) >= 11 is 1.16. The van der Waals surface area contributed by atoms with Gasteiger partial charge in [-0.15, -0.1) is 18.3 Å². The first-order chi connectivity index (χ1) is 13.3. The Morgan fingerprint density at radius 3 is 2.68 bits per heavy atom. The Hall–Kier alpha value is -2.30. The van der Waals surface area contributed by atoms with Crippen molar-refractivity contribution in [2.45, 2.75) is 50.2 Å². The van der Waals surface area contributed by atoms with Crippen LogP contribution < -0.4 is 10.1 Å². The van der Waals surface area contributed by atoms with E-state index in [0.29, 0.717) is 16.8 Å². The molecule has 1 N–H and O–H groups in total. The summed E-state index contributed by atoms with van der Waals surface area (Å²) in [5.74, 6) is 0.191. The summed E-state index contributed by atoms with van der Waals surface area (Å²) in [6.07, 6.45) is -0.328. The Labute approximate surface area is 164 Å². The van der Waals surface area contributed by atoms with E-state index in [0.717, 1.165) is 31.0 Å². The van der Waals surface area contributed by atoms with Crippen molar-refractivity contribution in [1.29, 1.82) is 0 Å². The van der Waals surface area contributed by atoms with E-state index in [9.17, 15) is 18.0 Å². The second-order valence-electron chi connectivity index (χ2n) is 6.64. The highest BCUT2D eigenvalue weighted by atomic mass is 32.2. The number of tetrazole rings is 1. The second kappa shape index (κ2) is 8.80. The number of aromatic nitrogens is 4. The number of thioether (sulfide) groups is 1. The molecule has 0 aliphatic heterocycles. The average Bonchev–Trinajstić information content (AvgIpc) is 3.10. The Morgan fingerprint density at radius 1 is 1.29 bits per heavy atom. The maximum absolute atomic E-state index is 12.2. The van der Waals surface area contributed by atoms with Gasteiger partial charge in [-0.2, -0.15) is 4.68 Å². The minimum atomic E-state index is -4.75. The van der Waals surface area contributed by atoms with Gasteiger partial charge in [-0.25, -0.2) is 0 Å². The van der Waals surface area contributed by atoms with E-state index in [1.54, 1.807) is 0 Å².